The number of carbonyl (C=O) groups excluding carboxylic acids is 11. The third-order valence-corrected chi connectivity index (χ3v) is 25.6. The Bertz CT molecular complexity index is 4040. The van der Waals surface area contributed by atoms with Crippen LogP contribution in [-0.4, -0.2) is 202 Å². The first-order chi connectivity index (χ1) is 67.9. The van der Waals surface area contributed by atoms with Crippen molar-refractivity contribution in [1.82, 2.24) is 5.32 Å². The standard InChI is InChI=1S/C114H187NO29/c1-25-27-29-31-33-35-37-39-40-41-42-43-44-45-46-47-48-49-51-53-55-57-65-71-89(120)115-84(90(129-73-83-68-62-59-63-69-83)85(128-72-82-66-60-58-61-67-82)70-64-56-54-52-50-38-36-34-32-30-28-26-2)74-130-100-97(143-107(125)113(19,20)21)96(142-106(124)112(16,17)18)92(87(136-100)76-131-103(121)109(7,8)9)139-102-99(144-108(126)114(22,23)24)95(93(141-105(123)111(13,14)15)88(138-102)77-132-104(122)110(10,11)12)140-101-98(135-81(6)119)94(134-80(5)118)91(133-79(4)117)86(137-101)75-127-78(3)116/h58-63,66-69,84-88,90-102H,25-57,64-65,70-77H2,1-24H3,(H,115,120)/t84-,85+,86+,87+,88+,90-,91-,92+,93-,94-,95-,96-,97+,98+,99+,100+,101+,102-/m0/s1. The molecular weight excluding hydrogens is 1850 g/mol. The van der Waals surface area contributed by atoms with Crippen molar-refractivity contribution in [1.29, 1.82) is 0 Å². The van der Waals surface area contributed by atoms with Crippen molar-refractivity contribution in [2.24, 2.45) is 32.5 Å². The van der Waals surface area contributed by atoms with Gasteiger partial charge < -0.3 is 90.6 Å². The van der Waals surface area contributed by atoms with Gasteiger partial charge in [-0.05, 0) is 149 Å². The summed E-state index contributed by atoms with van der Waals surface area (Å²) in [4.78, 5) is 159. The van der Waals surface area contributed by atoms with Crippen molar-refractivity contribution in [3.05, 3.63) is 71.8 Å². The van der Waals surface area contributed by atoms with E-state index in [0.717, 1.165) is 103 Å². The van der Waals surface area contributed by atoms with Crippen LogP contribution in [0.1, 0.15) is 415 Å². The molecule has 1 amide bonds. The van der Waals surface area contributed by atoms with Crippen molar-refractivity contribution in [3.8, 4) is 0 Å². The van der Waals surface area contributed by atoms with E-state index in [1.165, 1.54) is 189 Å². The second-order valence-corrected chi connectivity index (χ2v) is 45.8. The van der Waals surface area contributed by atoms with Crippen LogP contribution in [0.15, 0.2) is 60.7 Å². The summed E-state index contributed by atoms with van der Waals surface area (Å²) < 4.78 is 119. The molecule has 3 heterocycles. The van der Waals surface area contributed by atoms with Crippen LogP contribution < -0.4 is 5.32 Å². The van der Waals surface area contributed by atoms with Crippen molar-refractivity contribution in [3.63, 3.8) is 0 Å². The van der Waals surface area contributed by atoms with E-state index in [-0.39, 0.29) is 25.5 Å². The van der Waals surface area contributed by atoms with E-state index in [1.54, 1.807) is 83.1 Å². The molecule has 5 rings (SSSR count). The van der Waals surface area contributed by atoms with Crippen molar-refractivity contribution in [2.45, 2.75) is 527 Å². The Balaban J connectivity index is 1.77. The fourth-order valence-electron chi connectivity index (χ4n) is 17.0. The summed E-state index contributed by atoms with van der Waals surface area (Å²) >= 11 is 0. The lowest BCUT2D eigenvalue weighted by Gasteiger charge is -2.51. The molecule has 30 heteroatoms. The minimum atomic E-state index is -2.25. The molecule has 144 heavy (non-hydrogen) atoms. The van der Waals surface area contributed by atoms with Crippen LogP contribution in [0.4, 0.5) is 0 Å². The van der Waals surface area contributed by atoms with Crippen LogP contribution in [0.5, 0.6) is 0 Å². The molecular formula is C114H187NO29. The van der Waals surface area contributed by atoms with Gasteiger partial charge in [0.05, 0.1) is 64.5 Å². The topological polar surface area (TPSA) is 366 Å². The molecule has 0 bridgehead atoms. The van der Waals surface area contributed by atoms with Crippen LogP contribution >= 0.6 is 0 Å². The van der Waals surface area contributed by atoms with Gasteiger partial charge in [0.25, 0.3) is 0 Å². The fraction of sp³-hybridized carbons (Fsp3) is 0.798. The van der Waals surface area contributed by atoms with Crippen LogP contribution in [-0.2, 0) is 151 Å². The van der Waals surface area contributed by atoms with E-state index >= 15 is 19.2 Å². The number of hydrogen-bond donors (Lipinski definition) is 1. The number of esters is 10. The molecule has 0 saturated carbocycles. The number of carbonyl (C=O) groups is 11. The van der Waals surface area contributed by atoms with E-state index < -0.39 is 229 Å². The van der Waals surface area contributed by atoms with Gasteiger partial charge in [0.15, 0.2) is 61.6 Å². The zero-order valence-electron chi connectivity index (χ0n) is 92.4. The van der Waals surface area contributed by atoms with E-state index in [9.17, 15) is 33.6 Å². The number of hydrogen-bond acceptors (Lipinski definition) is 29. The van der Waals surface area contributed by atoms with Gasteiger partial charge in [0.1, 0.15) is 56.4 Å². The van der Waals surface area contributed by atoms with E-state index in [1.807, 2.05) is 60.7 Å². The predicted molar refractivity (Wildman–Crippen MR) is 547 cm³/mol. The maximum absolute atomic E-state index is 15.5. The summed E-state index contributed by atoms with van der Waals surface area (Å²) in [7, 11) is 0. The summed E-state index contributed by atoms with van der Waals surface area (Å²) in [6.45, 7) is 34.1. The molecule has 3 saturated heterocycles. The third kappa shape index (κ3) is 48.7. The summed E-state index contributed by atoms with van der Waals surface area (Å²) in [6, 6.07) is 18.2. The summed E-state index contributed by atoms with van der Waals surface area (Å²) in [6.07, 6.45) is 10.6. The molecule has 0 radical (unpaired) electrons. The number of benzene rings is 2. The monoisotopic (exact) mass is 2030 g/mol. The summed E-state index contributed by atoms with van der Waals surface area (Å²) in [5.74, 6) is -9.60. The Morgan fingerprint density at radius 2 is 0.583 bits per heavy atom. The average Bonchev–Trinajstić information content (AvgIpc) is 0.751. The van der Waals surface area contributed by atoms with Crippen molar-refractivity contribution in [2.75, 3.05) is 26.4 Å². The molecule has 1 N–H and O–H groups in total. The zero-order chi connectivity index (χ0) is 107. The van der Waals surface area contributed by atoms with Gasteiger partial charge in [-0.25, -0.2) is 0 Å². The highest BCUT2D eigenvalue weighted by molar-refractivity contribution is 5.79. The Hall–Kier alpha value is -7.71. The van der Waals surface area contributed by atoms with Gasteiger partial charge in [0, 0.05) is 34.1 Å². The zero-order valence-corrected chi connectivity index (χ0v) is 92.4. The lowest BCUT2D eigenvalue weighted by atomic mass is 9.92. The lowest BCUT2D eigenvalue weighted by molar-refractivity contribution is -0.382. The van der Waals surface area contributed by atoms with Gasteiger partial charge in [-0.1, -0.05) is 293 Å². The van der Waals surface area contributed by atoms with Crippen LogP contribution in [0.3, 0.4) is 0 Å². The first-order valence-electron chi connectivity index (χ1n) is 54.3. The minimum Gasteiger partial charge on any atom is -0.463 e. The predicted octanol–water partition coefficient (Wildman–Crippen LogP) is 22.4. The Labute approximate surface area is 862 Å². The molecule has 0 spiro atoms. The molecule has 2 aromatic rings. The largest absolute Gasteiger partial charge is 0.463 e. The maximum Gasteiger partial charge on any atom is 0.311 e. The molecule has 30 nitrogen and oxygen atoms in total. The Morgan fingerprint density at radius 1 is 0.299 bits per heavy atom. The van der Waals surface area contributed by atoms with Crippen molar-refractivity contribution >= 4 is 65.6 Å². The van der Waals surface area contributed by atoms with Gasteiger partial charge >= 0.3 is 59.7 Å². The SMILES string of the molecule is CCCCCCCCCCCCCCCCCCCCCCCCCC(=O)N[C@@H](CO[C@@H]1O[C@H](COC(=O)C(C)(C)C)[C@@H](O[C@@H]2O[C@H](COC(=O)C(C)(C)C)[C@H](OC(=O)C(C)(C)C)[C@H](O[C@H]3O[C@H](COC(C)=O)[C@H](OC(C)=O)[C@H](OC(C)=O)[C@H]3OC(C)=O)[C@H]2OC(=O)C(C)(C)C)[C@H](OC(=O)C(C)(C)C)[C@H]1OC(=O)C(C)(C)C)[C@H](OCc1ccccc1)[C@@H](CCCCCCCCCCCCCC)OCc1ccccc1. The number of ether oxygens (including phenoxy) is 18. The third-order valence-electron chi connectivity index (χ3n) is 25.6. The maximum atomic E-state index is 15.5. The average molecular weight is 2040 g/mol. The molecule has 2 aromatic carbocycles. The highest BCUT2D eigenvalue weighted by Crippen LogP contribution is 2.42. The smallest absolute Gasteiger partial charge is 0.311 e. The van der Waals surface area contributed by atoms with E-state index in [0.29, 0.717) is 19.3 Å². The molecule has 0 aromatic heterocycles. The molecule has 18 atom stereocenters. The summed E-state index contributed by atoms with van der Waals surface area (Å²) in [5, 5.41) is 3.38. The Morgan fingerprint density at radius 3 is 0.951 bits per heavy atom. The molecule has 3 aliphatic heterocycles. The minimum absolute atomic E-state index is 0.0427. The molecule has 0 aliphatic carbocycles. The van der Waals surface area contributed by atoms with E-state index in [4.69, 9.17) is 85.3 Å². The first-order valence-corrected chi connectivity index (χ1v) is 54.3. The number of rotatable bonds is 66. The first kappa shape index (κ1) is 127. The summed E-state index contributed by atoms with van der Waals surface area (Å²) in [5.41, 5.74) is -6.43. The van der Waals surface area contributed by atoms with Gasteiger partial charge in [0.2, 0.25) is 5.91 Å². The van der Waals surface area contributed by atoms with Crippen LogP contribution in [0.25, 0.3) is 0 Å². The fourth-order valence-corrected chi connectivity index (χ4v) is 17.0. The second-order valence-electron chi connectivity index (χ2n) is 45.8. The Kier molecular flexibility index (Phi) is 57.5. The lowest BCUT2D eigenvalue weighted by Crippen LogP contribution is -2.69. The number of nitrogens with one attached hydrogen (secondary N) is 1. The number of amides is 1. The quantitative estimate of drug-likeness (QED) is 0.0365. The molecule has 3 aliphatic rings. The van der Waals surface area contributed by atoms with Gasteiger partial charge in [-0.15, -0.1) is 0 Å². The normalized spacial score (nSPS) is 22.3. The molecule has 0 unspecified atom stereocenters. The second kappa shape index (κ2) is 65.3. The van der Waals surface area contributed by atoms with Crippen molar-refractivity contribution < 1.29 is 138 Å². The van der Waals surface area contributed by atoms with Crippen LogP contribution in [0.2, 0.25) is 0 Å². The molecule has 822 valence electrons. The van der Waals surface area contributed by atoms with Gasteiger partial charge in [-0.3, -0.25) is 52.7 Å². The highest BCUT2D eigenvalue weighted by atomic mass is 16.8. The van der Waals surface area contributed by atoms with Gasteiger partial charge in [-0.2, -0.15) is 0 Å². The molecule has 3 fully saturated rings. The number of unbranched alkanes of at least 4 members (excludes halogenated alkanes) is 33. The van der Waals surface area contributed by atoms with E-state index in [2.05, 4.69) is 19.2 Å². The van der Waals surface area contributed by atoms with Crippen LogP contribution in [0, 0.1) is 32.5 Å². The highest BCUT2D eigenvalue weighted by Gasteiger charge is 2.62.